The predicted molar refractivity (Wildman–Crippen MR) is 46.0 cm³/mol. The van der Waals surface area contributed by atoms with Gasteiger partial charge in [0.1, 0.15) is 0 Å². The first kappa shape index (κ1) is 8.48. The number of hydrogen-bond donors (Lipinski definition) is 2. The van der Waals surface area contributed by atoms with E-state index in [1.165, 1.54) is 6.42 Å². The summed E-state index contributed by atoms with van der Waals surface area (Å²) in [7, 11) is 0. The zero-order chi connectivity index (χ0) is 8.39. The zero-order valence-electron chi connectivity index (χ0n) is 7.33. The van der Waals surface area contributed by atoms with E-state index in [-0.39, 0.29) is 6.10 Å². The largest absolute Gasteiger partial charge is 0.393 e. The summed E-state index contributed by atoms with van der Waals surface area (Å²) < 4.78 is 5.06. The third kappa shape index (κ3) is 1.97. The highest BCUT2D eigenvalue weighted by molar-refractivity contribution is 4.79. The van der Waals surface area contributed by atoms with Crippen molar-refractivity contribution >= 4 is 0 Å². The SMILES string of the molecule is OC1CCC(CNC2COC2)C1. The summed E-state index contributed by atoms with van der Waals surface area (Å²) in [5.41, 5.74) is 0. The van der Waals surface area contributed by atoms with Crippen LogP contribution in [0.4, 0.5) is 0 Å². The topological polar surface area (TPSA) is 41.5 Å². The third-order valence-electron chi connectivity index (χ3n) is 2.85. The first-order chi connectivity index (χ1) is 5.84. The molecule has 1 aliphatic heterocycles. The van der Waals surface area contributed by atoms with Crippen molar-refractivity contribution < 1.29 is 9.84 Å². The Morgan fingerprint density at radius 2 is 2.17 bits per heavy atom. The Bertz CT molecular complexity index is 147. The van der Waals surface area contributed by atoms with E-state index in [1.54, 1.807) is 0 Å². The molecule has 12 heavy (non-hydrogen) atoms. The normalized spacial score (nSPS) is 36.8. The predicted octanol–water partition coefficient (Wildman–Crippen LogP) is 0.136. The summed E-state index contributed by atoms with van der Waals surface area (Å²) in [6.07, 6.45) is 3.13. The second-order valence-electron chi connectivity index (χ2n) is 3.98. The molecular weight excluding hydrogens is 154 g/mol. The fourth-order valence-electron chi connectivity index (χ4n) is 1.92. The Labute approximate surface area is 73.1 Å². The summed E-state index contributed by atoms with van der Waals surface area (Å²) in [6, 6.07) is 0.586. The highest BCUT2D eigenvalue weighted by Gasteiger charge is 2.24. The molecule has 1 saturated heterocycles. The van der Waals surface area contributed by atoms with Gasteiger partial charge in [-0.05, 0) is 31.7 Å². The van der Waals surface area contributed by atoms with E-state index < -0.39 is 0 Å². The van der Waals surface area contributed by atoms with Gasteiger partial charge in [0, 0.05) is 0 Å². The van der Waals surface area contributed by atoms with Crippen LogP contribution in [0.15, 0.2) is 0 Å². The Balaban J connectivity index is 1.60. The molecule has 1 aliphatic carbocycles. The molecule has 0 radical (unpaired) electrons. The van der Waals surface area contributed by atoms with Crippen LogP contribution in [0, 0.1) is 5.92 Å². The van der Waals surface area contributed by atoms with Crippen molar-refractivity contribution in [1.29, 1.82) is 0 Å². The monoisotopic (exact) mass is 171 g/mol. The molecule has 3 heteroatoms. The molecule has 2 rings (SSSR count). The van der Waals surface area contributed by atoms with Gasteiger partial charge in [-0.3, -0.25) is 0 Å². The maximum atomic E-state index is 9.28. The Morgan fingerprint density at radius 3 is 2.67 bits per heavy atom. The van der Waals surface area contributed by atoms with Crippen LogP contribution in [0.2, 0.25) is 0 Å². The fraction of sp³-hybridized carbons (Fsp3) is 1.00. The summed E-state index contributed by atoms with van der Waals surface area (Å²) in [4.78, 5) is 0. The lowest BCUT2D eigenvalue weighted by Crippen LogP contribution is -2.47. The van der Waals surface area contributed by atoms with Gasteiger partial charge in [-0.1, -0.05) is 0 Å². The highest BCUT2D eigenvalue weighted by atomic mass is 16.5. The van der Waals surface area contributed by atoms with Crippen LogP contribution in [-0.2, 0) is 4.74 Å². The Hall–Kier alpha value is -0.120. The quantitative estimate of drug-likeness (QED) is 0.634. The lowest BCUT2D eigenvalue weighted by atomic mass is 10.1. The molecule has 1 saturated carbocycles. The number of aliphatic hydroxyl groups is 1. The molecule has 0 bridgehead atoms. The van der Waals surface area contributed by atoms with Crippen LogP contribution in [0.5, 0.6) is 0 Å². The van der Waals surface area contributed by atoms with E-state index in [0.29, 0.717) is 12.0 Å². The molecule has 70 valence electrons. The molecule has 2 N–H and O–H groups in total. The summed E-state index contributed by atoms with van der Waals surface area (Å²) >= 11 is 0. The van der Waals surface area contributed by atoms with Crippen LogP contribution in [0.3, 0.4) is 0 Å². The van der Waals surface area contributed by atoms with Crippen molar-refractivity contribution in [1.82, 2.24) is 5.32 Å². The second kappa shape index (κ2) is 3.73. The average molecular weight is 171 g/mol. The number of aliphatic hydroxyl groups excluding tert-OH is 1. The lowest BCUT2D eigenvalue weighted by molar-refractivity contribution is -0.00652. The molecule has 0 amide bonds. The average Bonchev–Trinajstić information content (AvgIpc) is 2.32. The summed E-state index contributed by atoms with van der Waals surface area (Å²) in [6.45, 7) is 2.80. The Morgan fingerprint density at radius 1 is 1.33 bits per heavy atom. The van der Waals surface area contributed by atoms with Gasteiger partial charge in [-0.15, -0.1) is 0 Å². The molecule has 2 fully saturated rings. The van der Waals surface area contributed by atoms with E-state index in [9.17, 15) is 5.11 Å². The van der Waals surface area contributed by atoms with Crippen molar-refractivity contribution in [3.05, 3.63) is 0 Å². The van der Waals surface area contributed by atoms with E-state index in [0.717, 1.165) is 32.6 Å². The molecule has 2 aliphatic rings. The van der Waals surface area contributed by atoms with Crippen LogP contribution in [0.1, 0.15) is 19.3 Å². The fourth-order valence-corrected chi connectivity index (χ4v) is 1.92. The lowest BCUT2D eigenvalue weighted by Gasteiger charge is -2.28. The highest BCUT2D eigenvalue weighted by Crippen LogP contribution is 2.24. The van der Waals surface area contributed by atoms with Gasteiger partial charge in [-0.25, -0.2) is 0 Å². The maximum Gasteiger partial charge on any atom is 0.0643 e. The van der Waals surface area contributed by atoms with Crippen LogP contribution >= 0.6 is 0 Å². The molecule has 0 aromatic carbocycles. The van der Waals surface area contributed by atoms with Gasteiger partial charge in [0.25, 0.3) is 0 Å². The third-order valence-corrected chi connectivity index (χ3v) is 2.85. The molecule has 0 aromatic rings. The van der Waals surface area contributed by atoms with Gasteiger partial charge in [0.2, 0.25) is 0 Å². The van der Waals surface area contributed by atoms with E-state index in [2.05, 4.69) is 5.32 Å². The van der Waals surface area contributed by atoms with Crippen molar-refractivity contribution in [2.45, 2.75) is 31.4 Å². The van der Waals surface area contributed by atoms with E-state index >= 15 is 0 Å². The van der Waals surface area contributed by atoms with Crippen molar-refractivity contribution in [2.24, 2.45) is 5.92 Å². The maximum absolute atomic E-state index is 9.28. The van der Waals surface area contributed by atoms with Crippen molar-refractivity contribution in [3.63, 3.8) is 0 Å². The standard InChI is InChI=1S/C9H17NO2/c11-9-2-1-7(3-9)4-10-8-5-12-6-8/h7-11H,1-6H2. The van der Waals surface area contributed by atoms with Crippen LogP contribution in [0.25, 0.3) is 0 Å². The number of ether oxygens (including phenoxy) is 1. The van der Waals surface area contributed by atoms with Gasteiger partial charge >= 0.3 is 0 Å². The van der Waals surface area contributed by atoms with Crippen LogP contribution < -0.4 is 5.32 Å². The zero-order valence-corrected chi connectivity index (χ0v) is 7.33. The van der Waals surface area contributed by atoms with Gasteiger partial charge in [0.05, 0.1) is 25.4 Å². The van der Waals surface area contributed by atoms with Crippen molar-refractivity contribution in [3.8, 4) is 0 Å². The van der Waals surface area contributed by atoms with E-state index in [1.807, 2.05) is 0 Å². The van der Waals surface area contributed by atoms with E-state index in [4.69, 9.17) is 4.74 Å². The molecule has 0 aromatic heterocycles. The first-order valence-electron chi connectivity index (χ1n) is 4.84. The van der Waals surface area contributed by atoms with Gasteiger partial charge in [-0.2, -0.15) is 0 Å². The van der Waals surface area contributed by atoms with Crippen molar-refractivity contribution in [2.75, 3.05) is 19.8 Å². The first-order valence-corrected chi connectivity index (χ1v) is 4.84. The molecule has 2 atom stereocenters. The molecule has 0 spiro atoms. The minimum Gasteiger partial charge on any atom is -0.393 e. The van der Waals surface area contributed by atoms with Crippen LogP contribution in [-0.4, -0.2) is 37.0 Å². The van der Waals surface area contributed by atoms with Gasteiger partial charge < -0.3 is 15.2 Å². The molecule has 3 nitrogen and oxygen atoms in total. The molecular formula is C9H17NO2. The minimum atomic E-state index is -0.0329. The number of nitrogens with one attached hydrogen (secondary N) is 1. The molecule has 2 unspecified atom stereocenters. The molecule has 1 heterocycles. The summed E-state index contributed by atoms with van der Waals surface area (Å²) in [5, 5.41) is 12.7. The smallest absolute Gasteiger partial charge is 0.0643 e. The Kier molecular flexibility index (Phi) is 2.63. The number of rotatable bonds is 3. The second-order valence-corrected chi connectivity index (χ2v) is 3.98. The van der Waals surface area contributed by atoms with Gasteiger partial charge in [0.15, 0.2) is 0 Å². The summed E-state index contributed by atoms with van der Waals surface area (Å²) in [5.74, 6) is 0.695. The number of hydrogen-bond acceptors (Lipinski definition) is 3. The minimum absolute atomic E-state index is 0.0329.